The molecule has 5 heteroatoms. The maximum absolute atomic E-state index is 11.8. The number of nitrogens with zero attached hydrogens (tertiary/aromatic N) is 2. The van der Waals surface area contributed by atoms with Gasteiger partial charge in [0.1, 0.15) is 5.84 Å². The number of hydrogen-bond donors (Lipinski definition) is 2. The first kappa shape index (κ1) is 11.2. The number of rotatable bonds is 2. The zero-order valence-corrected chi connectivity index (χ0v) is 9.43. The average molecular weight is 225 g/mol. The molecule has 1 heterocycles. The second kappa shape index (κ2) is 4.72. The third-order valence-electron chi connectivity index (χ3n) is 3.71. The normalized spacial score (nSPS) is 28.8. The molecule has 5 nitrogen and oxygen atoms in total. The van der Waals surface area contributed by atoms with Crippen LogP contribution in [0.1, 0.15) is 38.5 Å². The van der Waals surface area contributed by atoms with Crippen LogP contribution in [-0.2, 0) is 4.79 Å². The van der Waals surface area contributed by atoms with E-state index in [1.165, 1.54) is 19.3 Å². The molecule has 0 aromatic heterocycles. The van der Waals surface area contributed by atoms with Crippen molar-refractivity contribution in [2.24, 2.45) is 16.8 Å². The Hall–Kier alpha value is -1.26. The number of carbonyl (C=O) groups is 1. The molecule has 0 unspecified atom stereocenters. The number of amides is 1. The summed E-state index contributed by atoms with van der Waals surface area (Å²) >= 11 is 0. The number of carbonyl (C=O) groups excluding carboxylic acids is 1. The molecule has 0 radical (unpaired) electrons. The van der Waals surface area contributed by atoms with Crippen molar-refractivity contribution in [2.75, 3.05) is 6.54 Å². The molecule has 2 aliphatic rings. The Kier molecular flexibility index (Phi) is 3.31. The zero-order chi connectivity index (χ0) is 11.5. The molecule has 1 saturated heterocycles. The van der Waals surface area contributed by atoms with Gasteiger partial charge >= 0.3 is 0 Å². The van der Waals surface area contributed by atoms with Gasteiger partial charge in [-0.05, 0) is 12.8 Å². The lowest BCUT2D eigenvalue weighted by Gasteiger charge is -2.31. The van der Waals surface area contributed by atoms with Crippen LogP contribution >= 0.6 is 0 Å². The summed E-state index contributed by atoms with van der Waals surface area (Å²) < 4.78 is 0. The van der Waals surface area contributed by atoms with Crippen LogP contribution in [0.3, 0.4) is 0 Å². The van der Waals surface area contributed by atoms with E-state index in [-0.39, 0.29) is 17.7 Å². The summed E-state index contributed by atoms with van der Waals surface area (Å²) in [6.45, 7) is 0.624. The van der Waals surface area contributed by atoms with Crippen LogP contribution in [0, 0.1) is 5.92 Å². The van der Waals surface area contributed by atoms with E-state index in [2.05, 4.69) is 5.16 Å². The molecule has 0 aromatic rings. The minimum absolute atomic E-state index is 0.0978. The van der Waals surface area contributed by atoms with E-state index in [1.807, 2.05) is 4.90 Å². The van der Waals surface area contributed by atoms with Gasteiger partial charge in [0, 0.05) is 24.9 Å². The predicted octanol–water partition coefficient (Wildman–Crippen LogP) is 0.914. The second-order valence-corrected chi connectivity index (χ2v) is 4.76. The van der Waals surface area contributed by atoms with Gasteiger partial charge in [0.15, 0.2) is 0 Å². The third kappa shape index (κ3) is 2.13. The second-order valence-electron chi connectivity index (χ2n) is 4.76. The fourth-order valence-electron chi connectivity index (χ4n) is 2.76. The first-order valence-electron chi connectivity index (χ1n) is 5.99. The Morgan fingerprint density at radius 3 is 2.69 bits per heavy atom. The van der Waals surface area contributed by atoms with Gasteiger partial charge in [-0.1, -0.05) is 24.4 Å². The molecule has 1 atom stereocenters. The van der Waals surface area contributed by atoms with Crippen LogP contribution in [-0.4, -0.2) is 34.4 Å². The van der Waals surface area contributed by atoms with Crippen molar-refractivity contribution in [2.45, 2.75) is 44.6 Å². The zero-order valence-electron chi connectivity index (χ0n) is 9.43. The highest BCUT2D eigenvalue weighted by Crippen LogP contribution is 2.28. The van der Waals surface area contributed by atoms with Crippen molar-refractivity contribution in [1.82, 2.24) is 4.90 Å². The molecule has 1 amide bonds. The van der Waals surface area contributed by atoms with E-state index < -0.39 is 0 Å². The van der Waals surface area contributed by atoms with Crippen LogP contribution in [0.2, 0.25) is 0 Å². The summed E-state index contributed by atoms with van der Waals surface area (Å²) in [6, 6.07) is 0.387. The number of nitrogens with two attached hydrogens (primary N) is 1. The standard InChI is InChI=1S/C11H19N3O2/c12-11(13-16)8-6-10(15)14(7-8)9-4-2-1-3-5-9/h8-9,16H,1-7H2,(H2,12,13)/t8-/m0/s1. The van der Waals surface area contributed by atoms with Crippen molar-refractivity contribution in [3.63, 3.8) is 0 Å². The van der Waals surface area contributed by atoms with Crippen molar-refractivity contribution >= 4 is 11.7 Å². The summed E-state index contributed by atoms with van der Waals surface area (Å²) in [5.41, 5.74) is 5.55. The van der Waals surface area contributed by atoms with Gasteiger partial charge in [-0.2, -0.15) is 0 Å². The molecule has 2 rings (SSSR count). The fourth-order valence-corrected chi connectivity index (χ4v) is 2.76. The molecule has 1 saturated carbocycles. The monoisotopic (exact) mass is 225 g/mol. The molecule has 16 heavy (non-hydrogen) atoms. The van der Waals surface area contributed by atoms with Crippen molar-refractivity contribution in [1.29, 1.82) is 0 Å². The number of likely N-dealkylation sites (tertiary alicyclic amines) is 1. The minimum atomic E-state index is -0.0978. The minimum Gasteiger partial charge on any atom is -0.409 e. The van der Waals surface area contributed by atoms with Gasteiger partial charge in [-0.3, -0.25) is 4.79 Å². The van der Waals surface area contributed by atoms with Gasteiger partial charge in [-0.15, -0.1) is 0 Å². The lowest BCUT2D eigenvalue weighted by molar-refractivity contribution is -0.130. The summed E-state index contributed by atoms with van der Waals surface area (Å²) in [4.78, 5) is 13.8. The molecule has 0 spiro atoms. The summed E-state index contributed by atoms with van der Waals surface area (Å²) in [5.74, 6) is 0.245. The number of oxime groups is 1. The number of amidine groups is 1. The van der Waals surface area contributed by atoms with Gasteiger partial charge < -0.3 is 15.8 Å². The van der Waals surface area contributed by atoms with Gasteiger partial charge in [0.05, 0.1) is 0 Å². The Bertz CT molecular complexity index is 298. The van der Waals surface area contributed by atoms with Crippen molar-refractivity contribution in [3.8, 4) is 0 Å². The highest BCUT2D eigenvalue weighted by Gasteiger charge is 2.36. The lowest BCUT2D eigenvalue weighted by Crippen LogP contribution is -2.38. The first-order chi connectivity index (χ1) is 7.72. The van der Waals surface area contributed by atoms with E-state index in [0.717, 1.165) is 12.8 Å². The Labute approximate surface area is 95.3 Å². The SMILES string of the molecule is N/C(=N/O)[C@H]1CC(=O)N(C2CCCCC2)C1. The van der Waals surface area contributed by atoms with Gasteiger partial charge in [0.2, 0.25) is 5.91 Å². The van der Waals surface area contributed by atoms with Crippen LogP contribution in [0.15, 0.2) is 5.16 Å². The maximum Gasteiger partial charge on any atom is 0.223 e. The number of hydrogen-bond acceptors (Lipinski definition) is 3. The average Bonchev–Trinajstić information content (AvgIpc) is 2.71. The van der Waals surface area contributed by atoms with Gasteiger partial charge in [-0.25, -0.2) is 0 Å². The van der Waals surface area contributed by atoms with E-state index in [1.54, 1.807) is 0 Å². The van der Waals surface area contributed by atoms with E-state index in [0.29, 0.717) is 19.0 Å². The summed E-state index contributed by atoms with van der Waals surface area (Å²) in [6.07, 6.45) is 6.31. The highest BCUT2D eigenvalue weighted by molar-refractivity contribution is 5.91. The molecule has 90 valence electrons. The third-order valence-corrected chi connectivity index (χ3v) is 3.71. The first-order valence-corrected chi connectivity index (χ1v) is 5.99. The molecule has 0 bridgehead atoms. The topological polar surface area (TPSA) is 78.9 Å². The maximum atomic E-state index is 11.8. The predicted molar refractivity (Wildman–Crippen MR) is 60.1 cm³/mol. The van der Waals surface area contributed by atoms with Crippen LogP contribution < -0.4 is 5.73 Å². The molecular weight excluding hydrogens is 206 g/mol. The smallest absolute Gasteiger partial charge is 0.223 e. The molecule has 2 fully saturated rings. The summed E-state index contributed by atoms with van der Waals surface area (Å²) in [5, 5.41) is 11.6. The van der Waals surface area contributed by atoms with Crippen LogP contribution in [0.5, 0.6) is 0 Å². The van der Waals surface area contributed by atoms with Crippen LogP contribution in [0.25, 0.3) is 0 Å². The molecule has 0 aromatic carbocycles. The van der Waals surface area contributed by atoms with Crippen molar-refractivity contribution < 1.29 is 10.0 Å². The fraction of sp³-hybridized carbons (Fsp3) is 0.818. The van der Waals surface area contributed by atoms with Crippen LogP contribution in [0.4, 0.5) is 0 Å². The van der Waals surface area contributed by atoms with E-state index in [4.69, 9.17) is 10.9 Å². The Balaban J connectivity index is 1.98. The molecule has 1 aliphatic heterocycles. The van der Waals surface area contributed by atoms with E-state index >= 15 is 0 Å². The quantitative estimate of drug-likeness (QED) is 0.317. The molecular formula is C11H19N3O2. The Morgan fingerprint density at radius 1 is 1.38 bits per heavy atom. The van der Waals surface area contributed by atoms with E-state index in [9.17, 15) is 4.79 Å². The lowest BCUT2D eigenvalue weighted by atomic mass is 9.94. The van der Waals surface area contributed by atoms with Gasteiger partial charge in [0.25, 0.3) is 0 Å². The van der Waals surface area contributed by atoms with Crippen molar-refractivity contribution in [3.05, 3.63) is 0 Å². The Morgan fingerprint density at radius 2 is 2.06 bits per heavy atom. The summed E-state index contributed by atoms with van der Waals surface area (Å²) in [7, 11) is 0. The molecule has 3 N–H and O–H groups in total. The largest absolute Gasteiger partial charge is 0.409 e. The highest BCUT2D eigenvalue weighted by atomic mass is 16.4. The molecule has 1 aliphatic carbocycles.